The number of para-hydroxylation sites is 1. The molecular formula is C13H17N3O4. The summed E-state index contributed by atoms with van der Waals surface area (Å²) >= 11 is 0. The maximum absolute atomic E-state index is 12.0. The van der Waals surface area contributed by atoms with Crippen molar-refractivity contribution in [3.8, 4) is 0 Å². The molecular weight excluding hydrogens is 262 g/mol. The predicted molar refractivity (Wildman–Crippen MR) is 73.5 cm³/mol. The summed E-state index contributed by atoms with van der Waals surface area (Å²) in [5.41, 5.74) is 0.447. The number of benzene rings is 1. The maximum Gasteiger partial charge on any atom is 0.323 e. The minimum Gasteiger partial charge on any atom is -0.480 e. The van der Waals surface area contributed by atoms with Crippen LogP contribution < -0.4 is 15.5 Å². The molecule has 0 bridgehead atoms. The quantitative estimate of drug-likeness (QED) is 0.703. The van der Waals surface area contributed by atoms with Gasteiger partial charge in [0.15, 0.2) is 0 Å². The van der Waals surface area contributed by atoms with Crippen LogP contribution in [0.4, 0.5) is 10.5 Å². The molecule has 1 aromatic rings. The molecule has 0 aliphatic carbocycles. The number of nitrogens with one attached hydrogen (secondary N) is 2. The van der Waals surface area contributed by atoms with Crippen molar-refractivity contribution in [3.05, 3.63) is 30.3 Å². The van der Waals surface area contributed by atoms with Gasteiger partial charge in [-0.25, -0.2) is 4.79 Å². The maximum atomic E-state index is 12.0. The van der Waals surface area contributed by atoms with Crippen molar-refractivity contribution < 1.29 is 19.5 Å². The fraction of sp³-hybridized carbons (Fsp3) is 0.308. The van der Waals surface area contributed by atoms with Gasteiger partial charge in [0.25, 0.3) is 0 Å². The number of aliphatic carboxylic acids is 1. The Morgan fingerprint density at radius 1 is 1.15 bits per heavy atom. The van der Waals surface area contributed by atoms with Crippen LogP contribution in [0.1, 0.15) is 6.92 Å². The third-order valence-corrected chi connectivity index (χ3v) is 2.38. The van der Waals surface area contributed by atoms with E-state index in [4.69, 9.17) is 5.11 Å². The zero-order chi connectivity index (χ0) is 15.0. The molecule has 7 nitrogen and oxygen atoms in total. The van der Waals surface area contributed by atoms with Crippen LogP contribution in [0, 0.1) is 0 Å². The van der Waals surface area contributed by atoms with Gasteiger partial charge in [-0.2, -0.15) is 0 Å². The van der Waals surface area contributed by atoms with Crippen molar-refractivity contribution in [2.45, 2.75) is 6.92 Å². The lowest BCUT2D eigenvalue weighted by Gasteiger charge is -2.21. The van der Waals surface area contributed by atoms with Gasteiger partial charge in [0.05, 0.1) is 6.54 Å². The summed E-state index contributed by atoms with van der Waals surface area (Å²) < 4.78 is 0. The summed E-state index contributed by atoms with van der Waals surface area (Å²) in [6.07, 6.45) is 0. The van der Waals surface area contributed by atoms with Gasteiger partial charge in [-0.3, -0.25) is 14.5 Å². The van der Waals surface area contributed by atoms with Gasteiger partial charge >= 0.3 is 12.0 Å². The lowest BCUT2D eigenvalue weighted by molar-refractivity contribution is -0.135. The van der Waals surface area contributed by atoms with Crippen molar-refractivity contribution in [3.63, 3.8) is 0 Å². The molecule has 0 heterocycles. The van der Waals surface area contributed by atoms with Crippen LogP contribution >= 0.6 is 0 Å². The predicted octanol–water partition coefficient (Wildman–Crippen LogP) is 0.423. The van der Waals surface area contributed by atoms with E-state index in [0.717, 1.165) is 4.90 Å². The molecule has 1 rings (SSSR count). The number of rotatable bonds is 6. The summed E-state index contributed by atoms with van der Waals surface area (Å²) in [4.78, 5) is 35.1. The fourth-order valence-electron chi connectivity index (χ4n) is 1.53. The number of nitrogens with zero attached hydrogens (tertiary/aromatic N) is 1. The Morgan fingerprint density at radius 2 is 1.80 bits per heavy atom. The highest BCUT2D eigenvalue weighted by Crippen LogP contribution is 2.12. The van der Waals surface area contributed by atoms with Crippen molar-refractivity contribution in [1.29, 1.82) is 0 Å². The highest BCUT2D eigenvalue weighted by atomic mass is 16.4. The second-order valence-corrected chi connectivity index (χ2v) is 3.93. The number of carbonyl (C=O) groups excluding carboxylic acids is 2. The number of carboxylic acid groups (broad SMARTS) is 1. The average molecular weight is 279 g/mol. The largest absolute Gasteiger partial charge is 0.480 e. The lowest BCUT2D eigenvalue weighted by Crippen LogP contribution is -2.46. The van der Waals surface area contributed by atoms with Gasteiger partial charge in [0.2, 0.25) is 5.91 Å². The molecule has 7 heteroatoms. The third-order valence-electron chi connectivity index (χ3n) is 2.38. The molecule has 3 N–H and O–H groups in total. The van der Waals surface area contributed by atoms with E-state index in [2.05, 4.69) is 10.6 Å². The van der Waals surface area contributed by atoms with Gasteiger partial charge in [0, 0.05) is 12.2 Å². The van der Waals surface area contributed by atoms with E-state index in [0.29, 0.717) is 12.2 Å². The minimum atomic E-state index is -1.14. The SMILES string of the molecule is CCNC(=O)CNC(=O)N(CC(=O)O)c1ccccc1. The van der Waals surface area contributed by atoms with Gasteiger partial charge in [-0.15, -0.1) is 0 Å². The minimum absolute atomic E-state index is 0.199. The molecule has 0 unspecified atom stereocenters. The van der Waals surface area contributed by atoms with Crippen LogP contribution in [0.2, 0.25) is 0 Å². The van der Waals surface area contributed by atoms with Crippen LogP contribution in [-0.4, -0.2) is 42.6 Å². The Morgan fingerprint density at radius 3 is 2.35 bits per heavy atom. The van der Waals surface area contributed by atoms with Gasteiger partial charge < -0.3 is 15.7 Å². The van der Waals surface area contributed by atoms with Crippen molar-refractivity contribution in [2.24, 2.45) is 0 Å². The van der Waals surface area contributed by atoms with Gasteiger partial charge in [-0.1, -0.05) is 18.2 Å². The summed E-state index contributed by atoms with van der Waals surface area (Å²) in [6, 6.07) is 7.76. The van der Waals surface area contributed by atoms with E-state index in [9.17, 15) is 14.4 Å². The molecule has 0 saturated carbocycles. The van der Waals surface area contributed by atoms with Crippen LogP contribution in [0.3, 0.4) is 0 Å². The molecule has 0 radical (unpaired) electrons. The monoisotopic (exact) mass is 279 g/mol. The molecule has 108 valence electrons. The van der Waals surface area contributed by atoms with Crippen LogP contribution in [0.25, 0.3) is 0 Å². The Labute approximate surface area is 116 Å². The van der Waals surface area contributed by atoms with Crippen molar-refractivity contribution >= 4 is 23.6 Å². The van der Waals surface area contributed by atoms with E-state index in [-0.39, 0.29) is 12.5 Å². The first-order valence-corrected chi connectivity index (χ1v) is 6.13. The van der Waals surface area contributed by atoms with E-state index in [1.54, 1.807) is 37.3 Å². The normalized spacial score (nSPS) is 9.65. The Kier molecular flexibility index (Phi) is 6.02. The number of hydrogen-bond acceptors (Lipinski definition) is 3. The van der Waals surface area contributed by atoms with E-state index in [1.165, 1.54) is 0 Å². The summed E-state index contributed by atoms with van der Waals surface area (Å²) in [6.45, 7) is 1.55. The molecule has 0 fully saturated rings. The zero-order valence-corrected chi connectivity index (χ0v) is 11.1. The van der Waals surface area contributed by atoms with Crippen LogP contribution in [0.15, 0.2) is 30.3 Å². The zero-order valence-electron chi connectivity index (χ0n) is 11.1. The van der Waals surface area contributed by atoms with E-state index in [1.807, 2.05) is 0 Å². The fourth-order valence-corrected chi connectivity index (χ4v) is 1.53. The van der Waals surface area contributed by atoms with E-state index < -0.39 is 18.5 Å². The molecule has 0 spiro atoms. The first-order valence-electron chi connectivity index (χ1n) is 6.13. The first kappa shape index (κ1) is 15.5. The van der Waals surface area contributed by atoms with Crippen molar-refractivity contribution in [2.75, 3.05) is 24.5 Å². The third kappa shape index (κ3) is 4.97. The Balaban J connectivity index is 2.71. The number of urea groups is 1. The summed E-state index contributed by atoms with van der Waals surface area (Å²) in [5, 5.41) is 13.8. The number of anilines is 1. The number of likely N-dealkylation sites (N-methyl/N-ethyl adjacent to an activating group) is 1. The lowest BCUT2D eigenvalue weighted by atomic mass is 10.3. The number of carboxylic acids is 1. The summed E-state index contributed by atoms with van der Waals surface area (Å²) in [7, 11) is 0. The number of hydrogen-bond donors (Lipinski definition) is 3. The molecule has 0 aliphatic rings. The second-order valence-electron chi connectivity index (χ2n) is 3.93. The molecule has 20 heavy (non-hydrogen) atoms. The molecule has 3 amide bonds. The van der Waals surface area contributed by atoms with Gasteiger partial charge in [-0.05, 0) is 19.1 Å². The molecule has 0 saturated heterocycles. The second kappa shape index (κ2) is 7.78. The molecule has 1 aromatic carbocycles. The van der Waals surface area contributed by atoms with E-state index >= 15 is 0 Å². The first-order chi connectivity index (χ1) is 9.54. The average Bonchev–Trinajstić information content (AvgIpc) is 2.43. The van der Waals surface area contributed by atoms with Crippen LogP contribution in [0.5, 0.6) is 0 Å². The number of carbonyl (C=O) groups is 3. The highest BCUT2D eigenvalue weighted by Gasteiger charge is 2.18. The topological polar surface area (TPSA) is 98.7 Å². The smallest absolute Gasteiger partial charge is 0.323 e. The van der Waals surface area contributed by atoms with Crippen molar-refractivity contribution in [1.82, 2.24) is 10.6 Å². The molecule has 0 aromatic heterocycles. The Hall–Kier alpha value is -2.57. The van der Waals surface area contributed by atoms with Gasteiger partial charge in [0.1, 0.15) is 6.54 Å². The molecule has 0 aliphatic heterocycles. The van der Waals surface area contributed by atoms with Crippen LogP contribution in [-0.2, 0) is 9.59 Å². The highest BCUT2D eigenvalue weighted by molar-refractivity contribution is 5.97. The molecule has 0 atom stereocenters. The standard InChI is InChI=1S/C13H17N3O4/c1-2-14-11(17)8-15-13(20)16(9-12(18)19)10-6-4-3-5-7-10/h3-7H,2,8-9H2,1H3,(H,14,17)(H,15,20)(H,18,19). The number of amides is 3. The summed E-state index contributed by atoms with van der Waals surface area (Å²) in [5.74, 6) is -1.47. The Bertz CT molecular complexity index is 476.